The molecule has 0 radical (unpaired) electrons. The van der Waals surface area contributed by atoms with Gasteiger partial charge < -0.3 is 25.8 Å². The van der Waals surface area contributed by atoms with Crippen LogP contribution in [-0.2, 0) is 16.0 Å². The van der Waals surface area contributed by atoms with Crippen molar-refractivity contribution in [2.75, 3.05) is 11.9 Å². The first-order valence-electron chi connectivity index (χ1n) is 12.1. The van der Waals surface area contributed by atoms with Crippen LogP contribution in [0.25, 0.3) is 11.1 Å². The molecule has 4 rings (SSSR count). The van der Waals surface area contributed by atoms with E-state index in [1.165, 1.54) is 0 Å². The molecule has 0 fully saturated rings. The number of hydrogen-bond acceptors (Lipinski definition) is 4. The van der Waals surface area contributed by atoms with Gasteiger partial charge in [-0.2, -0.15) is 0 Å². The van der Waals surface area contributed by atoms with Crippen LogP contribution in [0.3, 0.4) is 0 Å². The van der Waals surface area contributed by atoms with Crippen molar-refractivity contribution >= 4 is 23.8 Å². The minimum Gasteiger partial charge on any atom is -0.480 e. The van der Waals surface area contributed by atoms with Crippen LogP contribution in [0.1, 0.15) is 43.4 Å². The van der Waals surface area contributed by atoms with E-state index in [2.05, 4.69) is 16.0 Å². The number of benzene rings is 3. The van der Waals surface area contributed by atoms with Crippen LogP contribution in [0.15, 0.2) is 72.8 Å². The van der Waals surface area contributed by atoms with Gasteiger partial charge in [0.1, 0.15) is 12.6 Å². The van der Waals surface area contributed by atoms with E-state index in [-0.39, 0.29) is 30.5 Å². The number of carbonyl (C=O) groups excluding carboxylic acids is 2. The van der Waals surface area contributed by atoms with E-state index in [0.29, 0.717) is 11.3 Å². The highest BCUT2D eigenvalue weighted by Gasteiger charge is 2.29. The van der Waals surface area contributed by atoms with Crippen LogP contribution < -0.4 is 16.0 Å². The van der Waals surface area contributed by atoms with Crippen molar-refractivity contribution in [3.05, 3.63) is 89.5 Å². The quantitative estimate of drug-likeness (QED) is 0.358. The Morgan fingerprint density at radius 1 is 0.892 bits per heavy atom. The van der Waals surface area contributed by atoms with Crippen LogP contribution >= 0.6 is 0 Å². The number of alkyl carbamates (subject to hydrolysis) is 1. The zero-order chi connectivity index (χ0) is 26.6. The van der Waals surface area contributed by atoms with Gasteiger partial charge in [-0.05, 0) is 60.7 Å². The average molecular weight is 502 g/mol. The molecule has 8 nitrogen and oxygen atoms in total. The van der Waals surface area contributed by atoms with E-state index in [0.717, 1.165) is 22.3 Å². The summed E-state index contributed by atoms with van der Waals surface area (Å²) in [4.78, 5) is 36.4. The molecule has 3 aromatic carbocycles. The molecule has 3 amide bonds. The van der Waals surface area contributed by atoms with Gasteiger partial charge in [0.05, 0.1) is 0 Å². The van der Waals surface area contributed by atoms with Crippen LogP contribution in [-0.4, -0.2) is 41.4 Å². The Morgan fingerprint density at radius 2 is 1.46 bits per heavy atom. The SMILES string of the molecule is CC(C)(C)NC(=O)Nc1ccc(C[C@@H](NC(=O)OCC2c3ccccc3-c3ccccc32)C(=O)O)cc1. The Morgan fingerprint density at radius 3 is 2.00 bits per heavy atom. The second kappa shape index (κ2) is 10.7. The fraction of sp³-hybridized carbons (Fsp3) is 0.276. The molecule has 0 saturated carbocycles. The molecule has 0 aromatic heterocycles. The summed E-state index contributed by atoms with van der Waals surface area (Å²) in [5.41, 5.74) is 5.28. The van der Waals surface area contributed by atoms with E-state index >= 15 is 0 Å². The molecule has 0 spiro atoms. The van der Waals surface area contributed by atoms with Crippen molar-refractivity contribution in [2.24, 2.45) is 0 Å². The fourth-order valence-electron chi connectivity index (χ4n) is 4.45. The lowest BCUT2D eigenvalue weighted by molar-refractivity contribution is -0.139. The Labute approximate surface area is 216 Å². The molecule has 1 atom stereocenters. The number of amides is 3. The highest BCUT2D eigenvalue weighted by Crippen LogP contribution is 2.44. The third-order valence-corrected chi connectivity index (χ3v) is 6.07. The van der Waals surface area contributed by atoms with Gasteiger partial charge in [-0.15, -0.1) is 0 Å². The Hall–Kier alpha value is -4.33. The summed E-state index contributed by atoms with van der Waals surface area (Å²) in [6.45, 7) is 5.74. The first kappa shape index (κ1) is 25.8. The third-order valence-electron chi connectivity index (χ3n) is 6.07. The van der Waals surface area contributed by atoms with E-state index in [1.807, 2.05) is 69.3 Å². The standard InChI is InChI=1S/C29H31N3O5/c1-29(2,3)32-27(35)30-19-14-12-18(13-15-19)16-25(26(33)34)31-28(36)37-17-24-22-10-6-4-8-20(22)21-9-5-7-11-23(21)24/h4-15,24-25H,16-17H2,1-3H3,(H,31,36)(H,33,34)(H2,30,32,35)/t25-/m1/s1. The highest BCUT2D eigenvalue weighted by molar-refractivity contribution is 5.89. The Balaban J connectivity index is 1.34. The Kier molecular flexibility index (Phi) is 7.47. The van der Waals surface area contributed by atoms with Crippen molar-refractivity contribution in [1.29, 1.82) is 0 Å². The number of aliphatic carboxylic acids is 1. The summed E-state index contributed by atoms with van der Waals surface area (Å²) >= 11 is 0. The normalized spacial score (nSPS) is 13.2. The lowest BCUT2D eigenvalue weighted by atomic mass is 9.98. The number of carbonyl (C=O) groups is 3. The largest absolute Gasteiger partial charge is 0.480 e. The van der Waals surface area contributed by atoms with E-state index in [9.17, 15) is 19.5 Å². The molecular weight excluding hydrogens is 470 g/mol. The molecule has 8 heteroatoms. The molecule has 0 aliphatic heterocycles. The van der Waals surface area contributed by atoms with E-state index in [4.69, 9.17) is 4.74 Å². The second-order valence-electron chi connectivity index (χ2n) is 10.1. The minimum absolute atomic E-state index is 0.0635. The summed E-state index contributed by atoms with van der Waals surface area (Å²) in [5.74, 6) is -1.28. The fourth-order valence-corrected chi connectivity index (χ4v) is 4.45. The molecule has 1 aliphatic carbocycles. The van der Waals surface area contributed by atoms with Crippen molar-refractivity contribution in [1.82, 2.24) is 10.6 Å². The van der Waals surface area contributed by atoms with Crippen LogP contribution in [0, 0.1) is 0 Å². The molecule has 1 aliphatic rings. The Bertz CT molecular complexity index is 1250. The molecule has 4 N–H and O–H groups in total. The lowest BCUT2D eigenvalue weighted by Crippen LogP contribution is -2.43. The maximum atomic E-state index is 12.6. The molecule has 0 saturated heterocycles. The predicted molar refractivity (Wildman–Crippen MR) is 142 cm³/mol. The maximum Gasteiger partial charge on any atom is 0.407 e. The number of carboxylic acids is 1. The van der Waals surface area contributed by atoms with E-state index in [1.54, 1.807) is 24.3 Å². The molecule has 192 valence electrons. The van der Waals surface area contributed by atoms with Crippen LogP contribution in [0.5, 0.6) is 0 Å². The molecule has 0 heterocycles. The van der Waals surface area contributed by atoms with Gasteiger partial charge in [-0.3, -0.25) is 0 Å². The number of rotatable bonds is 7. The molecule has 3 aromatic rings. The van der Waals surface area contributed by atoms with E-state index < -0.39 is 18.1 Å². The van der Waals surface area contributed by atoms with Gasteiger partial charge in [0.15, 0.2) is 0 Å². The predicted octanol–water partition coefficient (Wildman–Crippen LogP) is 5.14. The number of anilines is 1. The number of carboxylic acid groups (broad SMARTS) is 1. The van der Waals surface area contributed by atoms with Gasteiger partial charge >= 0.3 is 18.1 Å². The molecule has 0 bridgehead atoms. The third kappa shape index (κ3) is 6.46. The second-order valence-corrected chi connectivity index (χ2v) is 10.1. The summed E-state index contributed by atoms with van der Waals surface area (Å²) in [6, 6.07) is 21.3. The van der Waals surface area contributed by atoms with Crippen molar-refractivity contribution in [3.8, 4) is 11.1 Å². The van der Waals surface area contributed by atoms with Gasteiger partial charge in [0.2, 0.25) is 0 Å². The number of hydrogen-bond donors (Lipinski definition) is 4. The first-order valence-corrected chi connectivity index (χ1v) is 12.1. The molecule has 37 heavy (non-hydrogen) atoms. The number of nitrogens with one attached hydrogen (secondary N) is 3. The minimum atomic E-state index is -1.17. The van der Waals surface area contributed by atoms with Crippen molar-refractivity contribution in [3.63, 3.8) is 0 Å². The summed E-state index contributed by atoms with van der Waals surface area (Å²) < 4.78 is 5.49. The van der Waals surface area contributed by atoms with Crippen LogP contribution in [0.2, 0.25) is 0 Å². The van der Waals surface area contributed by atoms with Gasteiger partial charge in [-0.1, -0.05) is 60.7 Å². The first-order chi connectivity index (χ1) is 17.6. The number of fused-ring (bicyclic) bond motifs is 3. The van der Waals surface area contributed by atoms with Gasteiger partial charge in [0, 0.05) is 23.6 Å². The van der Waals surface area contributed by atoms with Crippen molar-refractivity contribution < 1.29 is 24.2 Å². The van der Waals surface area contributed by atoms with Gasteiger partial charge in [0.25, 0.3) is 0 Å². The topological polar surface area (TPSA) is 117 Å². The summed E-state index contributed by atoms with van der Waals surface area (Å²) in [7, 11) is 0. The number of ether oxygens (including phenoxy) is 1. The average Bonchev–Trinajstić information content (AvgIpc) is 3.16. The molecule has 0 unspecified atom stereocenters. The van der Waals surface area contributed by atoms with Gasteiger partial charge in [-0.25, -0.2) is 14.4 Å². The maximum absolute atomic E-state index is 12.6. The zero-order valence-electron chi connectivity index (χ0n) is 21.1. The zero-order valence-corrected chi connectivity index (χ0v) is 21.1. The monoisotopic (exact) mass is 501 g/mol. The highest BCUT2D eigenvalue weighted by atomic mass is 16.5. The molecular formula is C29H31N3O5. The van der Waals surface area contributed by atoms with Crippen LogP contribution in [0.4, 0.5) is 15.3 Å². The summed E-state index contributed by atoms with van der Waals surface area (Å²) in [6.07, 6.45) is -0.722. The lowest BCUT2D eigenvalue weighted by Gasteiger charge is -2.21. The summed E-state index contributed by atoms with van der Waals surface area (Å²) in [5, 5.41) is 17.7. The smallest absolute Gasteiger partial charge is 0.407 e. The van der Waals surface area contributed by atoms with Crippen molar-refractivity contribution in [2.45, 2.75) is 44.7 Å². The number of urea groups is 1.